The quantitative estimate of drug-likeness (QED) is 0.872. The predicted octanol–water partition coefficient (Wildman–Crippen LogP) is 3.10. The lowest BCUT2D eigenvalue weighted by atomic mass is 10.1. The molecule has 1 N–H and O–H groups in total. The molecule has 0 bridgehead atoms. The Kier molecular flexibility index (Phi) is 5.75. The number of methoxy groups -OCH3 is 1. The van der Waals surface area contributed by atoms with E-state index in [2.05, 4.69) is 26.2 Å². The zero-order valence-corrected chi connectivity index (χ0v) is 13.4. The molecule has 0 saturated heterocycles. The van der Waals surface area contributed by atoms with Crippen molar-refractivity contribution >= 4 is 21.8 Å². The maximum atomic E-state index is 11.8. The second-order valence-electron chi connectivity index (χ2n) is 4.61. The zero-order chi connectivity index (χ0) is 15.1. The third-order valence-corrected chi connectivity index (χ3v) is 3.69. The van der Waals surface area contributed by atoms with Crippen LogP contribution in [0.2, 0.25) is 0 Å². The summed E-state index contributed by atoms with van der Waals surface area (Å²) in [6.45, 7) is 0.513. The monoisotopic (exact) mass is 348 g/mol. The van der Waals surface area contributed by atoms with Gasteiger partial charge in [-0.2, -0.15) is 0 Å². The molecule has 0 fully saturated rings. The van der Waals surface area contributed by atoms with Gasteiger partial charge < -0.3 is 10.1 Å². The van der Waals surface area contributed by atoms with Gasteiger partial charge in [0.2, 0.25) is 5.91 Å². The number of benzene rings is 1. The summed E-state index contributed by atoms with van der Waals surface area (Å²) in [7, 11) is 1.63. The minimum absolute atomic E-state index is 0.0331. The Bertz CT molecular complexity index is 602. The molecule has 1 amide bonds. The number of rotatable bonds is 6. The molecular weight excluding hydrogens is 332 g/mol. The first-order chi connectivity index (χ1) is 10.2. The van der Waals surface area contributed by atoms with Crippen LogP contribution in [0.25, 0.3) is 0 Å². The van der Waals surface area contributed by atoms with Crippen molar-refractivity contribution in [2.75, 3.05) is 7.11 Å². The second kappa shape index (κ2) is 7.78. The molecule has 0 aliphatic carbocycles. The van der Waals surface area contributed by atoms with E-state index in [4.69, 9.17) is 4.74 Å². The van der Waals surface area contributed by atoms with Gasteiger partial charge in [-0.05, 0) is 51.7 Å². The van der Waals surface area contributed by atoms with E-state index >= 15 is 0 Å². The van der Waals surface area contributed by atoms with E-state index in [0.717, 1.165) is 21.3 Å². The van der Waals surface area contributed by atoms with Crippen LogP contribution in [0, 0.1) is 0 Å². The van der Waals surface area contributed by atoms with Crippen LogP contribution in [0.3, 0.4) is 0 Å². The third kappa shape index (κ3) is 4.86. The summed E-state index contributed by atoms with van der Waals surface area (Å²) < 4.78 is 6.08. The SMILES string of the molecule is COc1ccc(CCC(=O)NCc2cccnc2)cc1Br. The van der Waals surface area contributed by atoms with Crippen molar-refractivity contribution in [1.82, 2.24) is 10.3 Å². The smallest absolute Gasteiger partial charge is 0.220 e. The van der Waals surface area contributed by atoms with Gasteiger partial charge in [0.25, 0.3) is 0 Å². The van der Waals surface area contributed by atoms with Crippen molar-refractivity contribution in [2.24, 2.45) is 0 Å². The number of nitrogens with zero attached hydrogens (tertiary/aromatic N) is 1. The lowest BCUT2D eigenvalue weighted by Gasteiger charge is -2.07. The molecule has 0 aliphatic rings. The lowest BCUT2D eigenvalue weighted by Crippen LogP contribution is -2.23. The summed E-state index contributed by atoms with van der Waals surface area (Å²) in [4.78, 5) is 15.8. The standard InChI is InChI=1S/C16H17BrN2O2/c1-21-15-6-4-12(9-14(15)17)5-7-16(20)19-11-13-3-2-8-18-10-13/h2-4,6,8-10H,5,7,11H2,1H3,(H,19,20). The highest BCUT2D eigenvalue weighted by molar-refractivity contribution is 9.10. The highest BCUT2D eigenvalue weighted by Gasteiger charge is 2.05. The summed E-state index contributed by atoms with van der Waals surface area (Å²) in [6.07, 6.45) is 4.62. The Hall–Kier alpha value is -1.88. The number of aromatic nitrogens is 1. The molecule has 0 spiro atoms. The van der Waals surface area contributed by atoms with Crippen molar-refractivity contribution in [3.05, 3.63) is 58.3 Å². The molecule has 0 unspecified atom stereocenters. The number of halogens is 1. The van der Waals surface area contributed by atoms with Crippen LogP contribution in [0.5, 0.6) is 5.75 Å². The van der Waals surface area contributed by atoms with Crippen LogP contribution in [-0.2, 0) is 17.8 Å². The average molecular weight is 349 g/mol. The zero-order valence-electron chi connectivity index (χ0n) is 11.8. The summed E-state index contributed by atoms with van der Waals surface area (Å²) >= 11 is 3.44. The molecule has 0 radical (unpaired) electrons. The molecule has 0 aliphatic heterocycles. The Balaban J connectivity index is 1.80. The molecule has 0 atom stereocenters. The van der Waals surface area contributed by atoms with Crippen LogP contribution < -0.4 is 10.1 Å². The first kappa shape index (κ1) is 15.5. The van der Waals surface area contributed by atoms with Crippen LogP contribution in [-0.4, -0.2) is 18.0 Å². The minimum atomic E-state index is 0.0331. The van der Waals surface area contributed by atoms with E-state index in [1.807, 2.05) is 30.3 Å². The fourth-order valence-electron chi connectivity index (χ4n) is 1.91. The molecule has 1 aromatic heterocycles. The Morgan fingerprint density at radius 1 is 1.33 bits per heavy atom. The molecule has 0 saturated carbocycles. The number of pyridine rings is 1. The largest absolute Gasteiger partial charge is 0.496 e. The van der Waals surface area contributed by atoms with E-state index in [-0.39, 0.29) is 5.91 Å². The van der Waals surface area contributed by atoms with Gasteiger partial charge in [-0.15, -0.1) is 0 Å². The Morgan fingerprint density at radius 2 is 2.19 bits per heavy atom. The Labute approximate surface area is 132 Å². The third-order valence-electron chi connectivity index (χ3n) is 3.07. The number of amides is 1. The summed E-state index contributed by atoms with van der Waals surface area (Å²) in [5.74, 6) is 0.825. The normalized spacial score (nSPS) is 10.2. The highest BCUT2D eigenvalue weighted by atomic mass is 79.9. The molecule has 1 aromatic carbocycles. The first-order valence-electron chi connectivity index (χ1n) is 6.67. The molecule has 5 heteroatoms. The van der Waals surface area contributed by atoms with Gasteiger partial charge in [-0.3, -0.25) is 9.78 Å². The average Bonchev–Trinajstić information content (AvgIpc) is 2.52. The van der Waals surface area contributed by atoms with Gasteiger partial charge in [0.15, 0.2) is 0 Å². The van der Waals surface area contributed by atoms with Crippen molar-refractivity contribution < 1.29 is 9.53 Å². The molecular formula is C16H17BrN2O2. The molecule has 21 heavy (non-hydrogen) atoms. The predicted molar refractivity (Wildman–Crippen MR) is 85.1 cm³/mol. The fraction of sp³-hybridized carbons (Fsp3) is 0.250. The topological polar surface area (TPSA) is 51.2 Å². The summed E-state index contributed by atoms with van der Waals surface area (Å²) in [5.41, 5.74) is 2.09. The van der Waals surface area contributed by atoms with Crippen molar-refractivity contribution in [1.29, 1.82) is 0 Å². The molecule has 4 nitrogen and oxygen atoms in total. The van der Waals surface area contributed by atoms with Crippen LogP contribution in [0.4, 0.5) is 0 Å². The number of carbonyl (C=O) groups is 1. The number of ether oxygens (including phenoxy) is 1. The van der Waals surface area contributed by atoms with E-state index < -0.39 is 0 Å². The molecule has 2 rings (SSSR count). The van der Waals surface area contributed by atoms with Crippen molar-refractivity contribution in [2.45, 2.75) is 19.4 Å². The van der Waals surface area contributed by atoms with E-state index in [1.54, 1.807) is 19.5 Å². The number of hydrogen-bond acceptors (Lipinski definition) is 3. The van der Waals surface area contributed by atoms with Gasteiger partial charge in [-0.25, -0.2) is 0 Å². The van der Waals surface area contributed by atoms with Gasteiger partial charge in [0, 0.05) is 25.4 Å². The van der Waals surface area contributed by atoms with Gasteiger partial charge in [-0.1, -0.05) is 12.1 Å². The van der Waals surface area contributed by atoms with Gasteiger partial charge in [0.05, 0.1) is 11.6 Å². The first-order valence-corrected chi connectivity index (χ1v) is 7.46. The number of nitrogens with one attached hydrogen (secondary N) is 1. The van der Waals surface area contributed by atoms with Crippen LogP contribution in [0.1, 0.15) is 17.5 Å². The summed E-state index contributed by atoms with van der Waals surface area (Å²) in [6, 6.07) is 9.64. The van der Waals surface area contributed by atoms with Gasteiger partial charge in [0.1, 0.15) is 5.75 Å². The minimum Gasteiger partial charge on any atom is -0.496 e. The molecule has 1 heterocycles. The number of hydrogen-bond donors (Lipinski definition) is 1. The maximum Gasteiger partial charge on any atom is 0.220 e. The Morgan fingerprint density at radius 3 is 2.86 bits per heavy atom. The number of aryl methyl sites for hydroxylation is 1. The molecule has 110 valence electrons. The van der Waals surface area contributed by atoms with E-state index in [1.165, 1.54) is 0 Å². The van der Waals surface area contributed by atoms with Crippen LogP contribution >= 0.6 is 15.9 Å². The van der Waals surface area contributed by atoms with Gasteiger partial charge >= 0.3 is 0 Å². The highest BCUT2D eigenvalue weighted by Crippen LogP contribution is 2.25. The summed E-state index contributed by atoms with van der Waals surface area (Å²) in [5, 5.41) is 2.89. The van der Waals surface area contributed by atoms with E-state index in [9.17, 15) is 4.79 Å². The van der Waals surface area contributed by atoms with Crippen molar-refractivity contribution in [3.63, 3.8) is 0 Å². The van der Waals surface area contributed by atoms with Crippen LogP contribution in [0.15, 0.2) is 47.2 Å². The number of carbonyl (C=O) groups excluding carboxylic acids is 1. The maximum absolute atomic E-state index is 11.8. The van der Waals surface area contributed by atoms with E-state index in [0.29, 0.717) is 19.4 Å². The van der Waals surface area contributed by atoms with Crippen molar-refractivity contribution in [3.8, 4) is 5.75 Å². The fourth-order valence-corrected chi connectivity index (χ4v) is 2.50. The second-order valence-corrected chi connectivity index (χ2v) is 5.46. The molecule has 2 aromatic rings. The lowest BCUT2D eigenvalue weighted by molar-refractivity contribution is -0.121.